The van der Waals surface area contributed by atoms with Crippen LogP contribution in [0.1, 0.15) is 22.5 Å². The molecule has 1 aromatic carbocycles. The van der Waals surface area contributed by atoms with Gasteiger partial charge in [0, 0.05) is 24.1 Å². The molecule has 0 spiro atoms. The number of fused-ring (bicyclic) bond motifs is 1. The second-order valence-corrected chi connectivity index (χ2v) is 8.41. The number of pyridine rings is 1. The van der Waals surface area contributed by atoms with Crippen molar-refractivity contribution < 1.29 is 0 Å². The summed E-state index contributed by atoms with van der Waals surface area (Å²) in [4.78, 5) is 23.2. The molecular weight excluding hydrogens is 362 g/mol. The molecule has 0 amide bonds. The first-order valence-electron chi connectivity index (χ1n) is 8.52. The van der Waals surface area contributed by atoms with Crippen LogP contribution in [0.15, 0.2) is 57.4 Å². The molecule has 1 aliphatic rings. The molecule has 6 heteroatoms. The van der Waals surface area contributed by atoms with Gasteiger partial charge in [-0.15, -0.1) is 11.8 Å². The van der Waals surface area contributed by atoms with Gasteiger partial charge in [-0.1, -0.05) is 23.9 Å². The Morgan fingerprint density at radius 3 is 2.73 bits per heavy atom. The van der Waals surface area contributed by atoms with E-state index in [1.165, 1.54) is 0 Å². The summed E-state index contributed by atoms with van der Waals surface area (Å²) < 4.78 is 1.77. The Morgan fingerprint density at radius 1 is 1.19 bits per heavy atom. The maximum absolute atomic E-state index is 13.2. The van der Waals surface area contributed by atoms with Crippen LogP contribution < -0.4 is 5.56 Å². The van der Waals surface area contributed by atoms with E-state index in [0.717, 1.165) is 50.4 Å². The smallest absolute Gasteiger partial charge is 0.268 e. The van der Waals surface area contributed by atoms with Gasteiger partial charge >= 0.3 is 0 Å². The van der Waals surface area contributed by atoms with Gasteiger partial charge < -0.3 is 0 Å². The number of hydrogen-bond donors (Lipinski definition) is 0. The van der Waals surface area contributed by atoms with Crippen molar-refractivity contribution in [3.05, 3.63) is 75.5 Å². The molecule has 1 aliphatic heterocycles. The van der Waals surface area contributed by atoms with E-state index < -0.39 is 0 Å². The molecule has 4 rings (SSSR count). The van der Waals surface area contributed by atoms with E-state index in [1.54, 1.807) is 34.3 Å². The molecule has 0 saturated heterocycles. The van der Waals surface area contributed by atoms with Gasteiger partial charge in [-0.3, -0.25) is 14.3 Å². The predicted molar refractivity (Wildman–Crippen MR) is 108 cm³/mol. The van der Waals surface area contributed by atoms with Crippen molar-refractivity contribution in [1.82, 2.24) is 14.5 Å². The molecule has 0 saturated carbocycles. The minimum Gasteiger partial charge on any atom is -0.268 e. The normalized spacial score (nSPS) is 13.0. The Hall–Kier alpha value is -2.05. The van der Waals surface area contributed by atoms with Crippen molar-refractivity contribution in [3.63, 3.8) is 0 Å². The highest BCUT2D eigenvalue weighted by Crippen LogP contribution is 2.31. The van der Waals surface area contributed by atoms with Gasteiger partial charge in [-0.25, -0.2) is 4.98 Å². The van der Waals surface area contributed by atoms with Crippen LogP contribution in [-0.2, 0) is 12.2 Å². The average molecular weight is 382 g/mol. The number of hydrogen-bond acceptors (Lipinski definition) is 5. The topological polar surface area (TPSA) is 47.8 Å². The van der Waals surface area contributed by atoms with Gasteiger partial charge in [0.2, 0.25) is 0 Å². The summed E-state index contributed by atoms with van der Waals surface area (Å²) in [5, 5.41) is 0.743. The molecule has 0 N–H and O–H groups in total. The molecule has 2 aromatic heterocycles. The van der Waals surface area contributed by atoms with Crippen LogP contribution in [0.3, 0.4) is 0 Å². The average Bonchev–Trinajstić information content (AvgIpc) is 3.09. The summed E-state index contributed by atoms with van der Waals surface area (Å²) in [6.45, 7) is 4.11. The minimum absolute atomic E-state index is 0.0472. The van der Waals surface area contributed by atoms with E-state index in [4.69, 9.17) is 4.98 Å². The molecule has 26 heavy (non-hydrogen) atoms. The summed E-state index contributed by atoms with van der Waals surface area (Å²) in [5.74, 6) is 1.61. The Balaban J connectivity index is 1.81. The van der Waals surface area contributed by atoms with E-state index in [9.17, 15) is 4.79 Å². The Labute approximate surface area is 161 Å². The first kappa shape index (κ1) is 17.4. The van der Waals surface area contributed by atoms with Crippen LogP contribution in [0, 0.1) is 13.8 Å². The number of aromatic nitrogens is 3. The molecule has 0 aliphatic carbocycles. The highest BCUT2D eigenvalue weighted by atomic mass is 32.2. The van der Waals surface area contributed by atoms with Crippen molar-refractivity contribution in [3.8, 4) is 5.69 Å². The third-order valence-electron chi connectivity index (χ3n) is 4.21. The lowest BCUT2D eigenvalue weighted by Crippen LogP contribution is -2.24. The molecule has 4 nitrogen and oxygen atoms in total. The van der Waals surface area contributed by atoms with Crippen LogP contribution in [0.2, 0.25) is 0 Å². The summed E-state index contributed by atoms with van der Waals surface area (Å²) in [5.41, 5.74) is 5.13. The minimum atomic E-state index is 0.0472. The zero-order valence-electron chi connectivity index (χ0n) is 14.7. The highest BCUT2D eigenvalue weighted by molar-refractivity contribution is 7.99. The van der Waals surface area contributed by atoms with Gasteiger partial charge in [0.15, 0.2) is 5.16 Å². The van der Waals surface area contributed by atoms with Crippen LogP contribution in [-0.4, -0.2) is 20.3 Å². The monoisotopic (exact) mass is 381 g/mol. The van der Waals surface area contributed by atoms with Crippen molar-refractivity contribution in [2.75, 3.05) is 5.75 Å². The second kappa shape index (κ2) is 7.29. The van der Waals surface area contributed by atoms with E-state index in [0.29, 0.717) is 5.75 Å². The molecule has 132 valence electrons. The fourth-order valence-corrected chi connectivity index (χ4v) is 5.09. The fourth-order valence-electron chi connectivity index (χ4n) is 3.12. The van der Waals surface area contributed by atoms with Crippen molar-refractivity contribution in [2.45, 2.75) is 36.1 Å². The first-order valence-corrected chi connectivity index (χ1v) is 10.5. The molecule has 0 unspecified atom stereocenters. The molecule has 0 fully saturated rings. The van der Waals surface area contributed by atoms with Crippen LogP contribution in [0.25, 0.3) is 5.69 Å². The zero-order chi connectivity index (χ0) is 18.1. The third kappa shape index (κ3) is 3.44. The zero-order valence-corrected chi connectivity index (χ0v) is 16.4. The summed E-state index contributed by atoms with van der Waals surface area (Å²) in [6, 6.07) is 12.1. The standard InChI is InChI=1S/C20H19N3OS2/c1-13-9-14(2)11-16(10-13)23-19(24)18-17(6-8-25-18)22-20(23)26-12-15-5-3-4-7-21-15/h3-5,7,9-11H,6,8,12H2,1-2H3. The van der Waals surface area contributed by atoms with Crippen LogP contribution in [0.5, 0.6) is 0 Å². The number of aryl methyl sites for hydroxylation is 3. The summed E-state index contributed by atoms with van der Waals surface area (Å²) in [6.07, 6.45) is 2.65. The van der Waals surface area contributed by atoms with E-state index in [1.807, 2.05) is 30.3 Å². The predicted octanol–water partition coefficient (Wildman–Crippen LogP) is 4.18. The Bertz CT molecular complexity index is 995. The summed E-state index contributed by atoms with van der Waals surface area (Å²) >= 11 is 3.18. The lowest BCUT2D eigenvalue weighted by Gasteiger charge is -2.15. The van der Waals surface area contributed by atoms with Crippen molar-refractivity contribution >= 4 is 23.5 Å². The van der Waals surface area contributed by atoms with Crippen LogP contribution in [0.4, 0.5) is 0 Å². The molecule has 3 heterocycles. The quantitative estimate of drug-likeness (QED) is 0.501. The molecule has 0 radical (unpaired) electrons. The largest absolute Gasteiger partial charge is 0.272 e. The Morgan fingerprint density at radius 2 is 2.00 bits per heavy atom. The molecule has 0 atom stereocenters. The SMILES string of the molecule is Cc1cc(C)cc(-n2c(SCc3ccccn3)nc3c(c2=O)SCC3)c1. The molecule has 0 bridgehead atoms. The third-order valence-corrected chi connectivity index (χ3v) is 6.29. The number of thioether (sulfide) groups is 2. The number of benzene rings is 1. The number of nitrogens with zero attached hydrogens (tertiary/aromatic N) is 3. The van der Waals surface area contributed by atoms with Gasteiger partial charge in [-0.2, -0.15) is 0 Å². The van der Waals surface area contributed by atoms with E-state index in [2.05, 4.69) is 24.9 Å². The fraction of sp³-hybridized carbons (Fsp3) is 0.250. The van der Waals surface area contributed by atoms with Gasteiger partial charge in [0.1, 0.15) is 0 Å². The summed E-state index contributed by atoms with van der Waals surface area (Å²) in [7, 11) is 0. The van der Waals surface area contributed by atoms with Crippen LogP contribution >= 0.6 is 23.5 Å². The van der Waals surface area contributed by atoms with Gasteiger partial charge in [-0.05, 0) is 49.2 Å². The van der Waals surface area contributed by atoms with Gasteiger partial charge in [0.25, 0.3) is 5.56 Å². The molecular formula is C20H19N3OS2. The second-order valence-electron chi connectivity index (χ2n) is 6.36. The molecule has 3 aromatic rings. The van der Waals surface area contributed by atoms with Crippen molar-refractivity contribution in [1.29, 1.82) is 0 Å². The lowest BCUT2D eigenvalue weighted by atomic mass is 10.1. The van der Waals surface area contributed by atoms with E-state index >= 15 is 0 Å². The maximum Gasteiger partial charge on any atom is 0.272 e. The Kier molecular flexibility index (Phi) is 4.87. The van der Waals surface area contributed by atoms with Gasteiger partial charge in [0.05, 0.1) is 22.0 Å². The first-order chi connectivity index (χ1) is 12.6. The highest BCUT2D eigenvalue weighted by Gasteiger charge is 2.22. The maximum atomic E-state index is 13.2. The number of rotatable bonds is 4. The van der Waals surface area contributed by atoms with E-state index in [-0.39, 0.29) is 5.56 Å². The van der Waals surface area contributed by atoms with Crippen molar-refractivity contribution in [2.24, 2.45) is 0 Å². The lowest BCUT2D eigenvalue weighted by molar-refractivity contribution is 0.738.